The summed E-state index contributed by atoms with van der Waals surface area (Å²) >= 11 is 1.66. The van der Waals surface area contributed by atoms with Crippen LogP contribution in [0, 0.1) is 11.3 Å². The number of thioether (sulfide) groups is 1. The number of amides is 2. The zero-order valence-corrected chi connectivity index (χ0v) is 17.0. The third kappa shape index (κ3) is 5.36. The lowest BCUT2D eigenvalue weighted by atomic mass is 9.92. The molecule has 0 aromatic heterocycles. The molecule has 0 bridgehead atoms. The van der Waals surface area contributed by atoms with E-state index in [1.54, 1.807) is 28.6 Å². The Hall–Kier alpha value is -1.24. The molecular weight excluding hydrogens is 358 g/mol. The molecule has 2 amide bonds. The molecule has 0 radical (unpaired) electrons. The second kappa shape index (κ2) is 8.92. The molecule has 0 saturated carbocycles. The number of hydrogen-bond donors (Lipinski definition) is 1. The predicted octanol–water partition coefficient (Wildman–Crippen LogP) is 2.63. The molecule has 0 spiro atoms. The second-order valence-electron chi connectivity index (χ2n) is 7.17. The number of anilines is 1. The monoisotopic (exact) mass is 385 g/mol. The number of halogens is 1. The lowest BCUT2D eigenvalue weighted by molar-refractivity contribution is -0.135. The first-order chi connectivity index (χ1) is 11.3. The molecule has 1 aromatic carbocycles. The summed E-state index contributed by atoms with van der Waals surface area (Å²) in [5.41, 5.74) is 6.48. The number of benzene rings is 1. The maximum atomic E-state index is 12.7. The molecule has 1 aliphatic heterocycles. The van der Waals surface area contributed by atoms with Crippen LogP contribution in [0.15, 0.2) is 29.2 Å². The van der Waals surface area contributed by atoms with E-state index in [4.69, 9.17) is 5.73 Å². The molecule has 1 aliphatic rings. The van der Waals surface area contributed by atoms with Crippen molar-refractivity contribution < 1.29 is 9.59 Å². The molecule has 1 aromatic rings. The van der Waals surface area contributed by atoms with Crippen molar-refractivity contribution >= 4 is 41.7 Å². The first-order valence-electron chi connectivity index (χ1n) is 8.17. The van der Waals surface area contributed by atoms with Gasteiger partial charge in [0.1, 0.15) is 0 Å². The van der Waals surface area contributed by atoms with Crippen molar-refractivity contribution in [3.8, 4) is 0 Å². The van der Waals surface area contributed by atoms with Gasteiger partial charge in [0.05, 0.1) is 5.92 Å². The van der Waals surface area contributed by atoms with Crippen LogP contribution >= 0.6 is 24.2 Å². The van der Waals surface area contributed by atoms with E-state index in [0.717, 1.165) is 10.6 Å². The Morgan fingerprint density at radius 1 is 1.36 bits per heavy atom. The van der Waals surface area contributed by atoms with Crippen molar-refractivity contribution in [2.75, 3.05) is 37.8 Å². The Bertz CT molecular complexity index is 607. The van der Waals surface area contributed by atoms with Crippen LogP contribution in [0.4, 0.5) is 5.69 Å². The Balaban J connectivity index is 0.00000312. The summed E-state index contributed by atoms with van der Waals surface area (Å²) in [5.74, 6) is -0.249. The van der Waals surface area contributed by atoms with Crippen LogP contribution in [0.1, 0.15) is 20.3 Å². The van der Waals surface area contributed by atoms with Gasteiger partial charge in [0.25, 0.3) is 0 Å². The van der Waals surface area contributed by atoms with Crippen molar-refractivity contribution in [3.63, 3.8) is 0 Å². The summed E-state index contributed by atoms with van der Waals surface area (Å²) < 4.78 is 0. The zero-order valence-electron chi connectivity index (χ0n) is 15.3. The van der Waals surface area contributed by atoms with Crippen LogP contribution < -0.4 is 10.6 Å². The third-order valence-electron chi connectivity index (χ3n) is 4.45. The summed E-state index contributed by atoms with van der Waals surface area (Å²) in [7, 11) is 1.79. The topological polar surface area (TPSA) is 66.6 Å². The predicted molar refractivity (Wildman–Crippen MR) is 106 cm³/mol. The maximum Gasteiger partial charge on any atom is 0.227 e. The van der Waals surface area contributed by atoms with Crippen LogP contribution in [-0.4, -0.2) is 49.7 Å². The van der Waals surface area contributed by atoms with Crippen molar-refractivity contribution in [2.45, 2.75) is 25.2 Å². The zero-order chi connectivity index (χ0) is 17.9. The lowest BCUT2D eigenvalue weighted by Gasteiger charge is -2.30. The molecule has 0 aliphatic carbocycles. The Morgan fingerprint density at radius 3 is 2.48 bits per heavy atom. The lowest BCUT2D eigenvalue weighted by Crippen LogP contribution is -2.42. The second-order valence-corrected chi connectivity index (χ2v) is 8.05. The van der Waals surface area contributed by atoms with Gasteiger partial charge >= 0.3 is 0 Å². The Labute approximate surface area is 160 Å². The van der Waals surface area contributed by atoms with Gasteiger partial charge in [-0.2, -0.15) is 0 Å². The highest BCUT2D eigenvalue weighted by atomic mass is 35.5. The highest BCUT2D eigenvalue weighted by molar-refractivity contribution is 7.98. The fourth-order valence-electron chi connectivity index (χ4n) is 2.98. The van der Waals surface area contributed by atoms with Gasteiger partial charge in [-0.3, -0.25) is 9.59 Å². The normalized spacial score (nSPS) is 17.4. The minimum atomic E-state index is -0.281. The third-order valence-corrected chi connectivity index (χ3v) is 5.20. The summed E-state index contributed by atoms with van der Waals surface area (Å²) in [5, 5.41) is 0. The average molecular weight is 386 g/mol. The van der Waals surface area contributed by atoms with Crippen LogP contribution in [0.2, 0.25) is 0 Å². The van der Waals surface area contributed by atoms with E-state index in [9.17, 15) is 9.59 Å². The van der Waals surface area contributed by atoms with Gasteiger partial charge in [-0.25, -0.2) is 0 Å². The fourth-order valence-corrected chi connectivity index (χ4v) is 3.39. The van der Waals surface area contributed by atoms with Gasteiger partial charge in [-0.1, -0.05) is 13.8 Å². The molecular formula is C18H28ClN3O2S. The number of rotatable bonds is 6. The molecule has 2 rings (SSSR count). The summed E-state index contributed by atoms with van der Waals surface area (Å²) in [6.45, 7) is 5.63. The number of carbonyl (C=O) groups excluding carboxylic acids is 2. The number of carbonyl (C=O) groups is 2. The van der Waals surface area contributed by atoms with Crippen LogP contribution in [-0.2, 0) is 9.59 Å². The van der Waals surface area contributed by atoms with Crippen molar-refractivity contribution in [1.82, 2.24) is 4.90 Å². The van der Waals surface area contributed by atoms with Crippen LogP contribution in [0.3, 0.4) is 0 Å². The molecule has 1 saturated heterocycles. The number of nitrogens with two attached hydrogens (primary N) is 1. The van der Waals surface area contributed by atoms with E-state index in [2.05, 4.69) is 0 Å². The van der Waals surface area contributed by atoms with Gasteiger partial charge in [-0.15, -0.1) is 24.2 Å². The van der Waals surface area contributed by atoms with Crippen LogP contribution in [0.5, 0.6) is 0 Å². The van der Waals surface area contributed by atoms with Gasteiger partial charge in [0.15, 0.2) is 0 Å². The molecule has 140 valence electrons. The summed E-state index contributed by atoms with van der Waals surface area (Å²) in [4.78, 5) is 29.6. The van der Waals surface area contributed by atoms with E-state index in [0.29, 0.717) is 19.6 Å². The molecule has 1 atom stereocenters. The summed E-state index contributed by atoms with van der Waals surface area (Å²) in [6, 6.07) is 7.88. The number of hydrogen-bond acceptors (Lipinski definition) is 4. The first-order valence-corrected chi connectivity index (χ1v) is 9.39. The van der Waals surface area contributed by atoms with E-state index in [1.807, 2.05) is 44.4 Å². The van der Waals surface area contributed by atoms with Gasteiger partial charge in [-0.05, 0) is 42.5 Å². The average Bonchev–Trinajstić information content (AvgIpc) is 2.95. The minimum absolute atomic E-state index is 0. The Morgan fingerprint density at radius 2 is 1.96 bits per heavy atom. The molecule has 2 N–H and O–H groups in total. The van der Waals surface area contributed by atoms with E-state index < -0.39 is 0 Å². The van der Waals surface area contributed by atoms with Crippen molar-refractivity contribution in [1.29, 1.82) is 0 Å². The first kappa shape index (κ1) is 21.8. The smallest absolute Gasteiger partial charge is 0.227 e. The fraction of sp³-hybridized carbons (Fsp3) is 0.556. The van der Waals surface area contributed by atoms with Gasteiger partial charge in [0, 0.05) is 37.1 Å². The molecule has 7 heteroatoms. The maximum absolute atomic E-state index is 12.7. The highest BCUT2D eigenvalue weighted by Crippen LogP contribution is 2.28. The molecule has 25 heavy (non-hydrogen) atoms. The Kier molecular flexibility index (Phi) is 7.78. The minimum Gasteiger partial charge on any atom is -0.345 e. The van der Waals surface area contributed by atoms with Crippen molar-refractivity contribution in [2.24, 2.45) is 17.1 Å². The molecule has 1 fully saturated rings. The standard InChI is InChI=1S/C18H27N3O2S.ClH/c1-18(2,11-19)12-20(3)17(23)13-9-16(22)21(10-13)14-5-7-15(24-4)8-6-14;/h5-8,13H,9-12,19H2,1-4H3;1H. The van der Waals surface area contributed by atoms with Crippen LogP contribution in [0.25, 0.3) is 0 Å². The number of nitrogens with zero attached hydrogens (tertiary/aromatic N) is 2. The van der Waals surface area contributed by atoms with Gasteiger partial charge in [0.2, 0.25) is 11.8 Å². The molecule has 1 unspecified atom stereocenters. The van der Waals surface area contributed by atoms with Crippen molar-refractivity contribution in [3.05, 3.63) is 24.3 Å². The molecule has 5 nitrogen and oxygen atoms in total. The SMILES string of the molecule is CSc1ccc(N2CC(C(=O)N(C)CC(C)(C)CN)CC2=O)cc1.Cl. The quantitative estimate of drug-likeness (QED) is 0.764. The largest absolute Gasteiger partial charge is 0.345 e. The van der Waals surface area contributed by atoms with Gasteiger partial charge < -0.3 is 15.5 Å². The van der Waals surface area contributed by atoms with E-state index >= 15 is 0 Å². The highest BCUT2D eigenvalue weighted by Gasteiger charge is 2.37. The van der Waals surface area contributed by atoms with E-state index in [1.165, 1.54) is 0 Å². The summed E-state index contributed by atoms with van der Waals surface area (Å²) in [6.07, 6.45) is 2.29. The van der Waals surface area contributed by atoms with E-state index in [-0.39, 0.29) is 42.0 Å². The molecule has 1 heterocycles.